The highest BCUT2D eigenvalue weighted by Crippen LogP contribution is 2.46. The van der Waals surface area contributed by atoms with Crippen LogP contribution in [0.4, 0.5) is 34.5 Å². The molecular weight excluding hydrogens is 1010 g/mol. The Bertz CT molecular complexity index is 3730. The Balaban J connectivity index is 0.790. The molecule has 8 heterocycles. The predicted octanol–water partition coefficient (Wildman–Crippen LogP) is 7.18. The SMILES string of the molecule is C=C(C(=O)N1CCN(c2nc(OCC3CCCN3C)nc3c(F)c(-c4ccc(F)c5sc(N)c(C#N)c45)c(Cl)cc23)CC1)C(C)OC(=O)Nc1cc2cc3c(nc2cc1F)-c1cc2c(c(=O)n1C3)COC(=O)C2O. The third-order valence-electron chi connectivity index (χ3n) is 14.1. The number of carbonyl (C=O) groups excluding carboxylic acids is 3. The van der Waals surface area contributed by atoms with Gasteiger partial charge in [-0.2, -0.15) is 15.2 Å². The summed E-state index contributed by atoms with van der Waals surface area (Å²) in [4.78, 5) is 71.8. The van der Waals surface area contributed by atoms with E-state index in [9.17, 15) is 29.5 Å². The van der Waals surface area contributed by atoms with Crippen molar-refractivity contribution >= 4 is 89.3 Å². The average Bonchev–Trinajstić information content (AvgIpc) is 4.08. The van der Waals surface area contributed by atoms with Crippen LogP contribution in [-0.2, 0) is 32.2 Å². The van der Waals surface area contributed by atoms with E-state index in [0.29, 0.717) is 22.3 Å². The molecule has 4 aromatic heterocycles. The van der Waals surface area contributed by atoms with Gasteiger partial charge in [0, 0.05) is 71.1 Å². The highest BCUT2D eigenvalue weighted by molar-refractivity contribution is 7.23. The van der Waals surface area contributed by atoms with Crippen LogP contribution in [0.1, 0.15) is 48.1 Å². The van der Waals surface area contributed by atoms with Gasteiger partial charge in [0.2, 0.25) is 0 Å². The van der Waals surface area contributed by atoms with E-state index >= 15 is 13.2 Å². The number of hydrogen-bond donors (Lipinski definition) is 3. The van der Waals surface area contributed by atoms with Crippen molar-refractivity contribution in [2.45, 2.75) is 51.2 Å². The molecule has 7 aromatic rings. The first-order valence-corrected chi connectivity index (χ1v) is 24.6. The fourth-order valence-electron chi connectivity index (χ4n) is 10.1. The lowest BCUT2D eigenvalue weighted by Gasteiger charge is -2.36. The Labute approximate surface area is 426 Å². The third kappa shape index (κ3) is 8.15. The van der Waals surface area contributed by atoms with Crippen LogP contribution in [0.15, 0.2) is 59.4 Å². The number of nitriles is 1. The molecule has 378 valence electrons. The lowest BCUT2D eigenvalue weighted by Crippen LogP contribution is -2.50. The van der Waals surface area contributed by atoms with Crippen LogP contribution < -0.4 is 26.2 Å². The first-order valence-electron chi connectivity index (χ1n) is 23.4. The smallest absolute Gasteiger partial charge is 0.412 e. The molecule has 74 heavy (non-hydrogen) atoms. The van der Waals surface area contributed by atoms with Gasteiger partial charge < -0.3 is 44.3 Å². The van der Waals surface area contributed by atoms with Gasteiger partial charge in [-0.3, -0.25) is 14.9 Å². The first kappa shape index (κ1) is 48.4. The van der Waals surface area contributed by atoms with Crippen LogP contribution in [0.5, 0.6) is 6.01 Å². The number of fused-ring (bicyclic) bond motifs is 7. The lowest BCUT2D eigenvalue weighted by atomic mass is 9.97. The molecule has 0 bridgehead atoms. The van der Waals surface area contributed by atoms with E-state index in [-0.39, 0.29) is 139 Å². The fourth-order valence-corrected chi connectivity index (χ4v) is 11.3. The Hall–Kier alpha value is -7.84. The summed E-state index contributed by atoms with van der Waals surface area (Å²) in [6.07, 6.45) is -1.99. The number of aromatic nitrogens is 4. The number of rotatable bonds is 9. The Morgan fingerprint density at radius 1 is 1.08 bits per heavy atom. The van der Waals surface area contributed by atoms with E-state index in [1.165, 1.54) is 40.7 Å². The second kappa shape index (κ2) is 18.6. The monoisotopic (exact) mass is 1050 g/mol. The molecule has 0 radical (unpaired) electrons. The fraction of sp³-hybridized carbons (Fsp3) is 0.294. The van der Waals surface area contributed by atoms with Crippen LogP contribution in [0.2, 0.25) is 5.02 Å². The number of aliphatic hydroxyl groups is 1. The number of esters is 1. The largest absolute Gasteiger partial charge is 0.462 e. The van der Waals surface area contributed by atoms with Crippen molar-refractivity contribution in [3.8, 4) is 34.6 Å². The van der Waals surface area contributed by atoms with Crippen molar-refractivity contribution in [3.63, 3.8) is 0 Å². The number of pyridine rings is 2. The standard InChI is InChI=1S/C51H42ClF3N10O8S/c1-22(23(2)73-51(70)59-36-14-24-13-25-19-65-37(41(25)58-35(24)17-34(36)54)16-28-31(48(65)68)21-71-49(69)43(28)66)47(67)64-11-9-63(10-12-64)46-29-15-32(52)39(27-6-7-33(53)44-38(27)30(18-56)45(57)74-44)40(55)42(29)60-50(61-46)72-20-26-5-4-8-62(26)3/h6-7,13-17,23,26,43,66H,1,4-5,8-12,19-21,57H2,2-3H3,(H,59,70). The number of cyclic esters (lactones) is 1. The zero-order valence-electron chi connectivity index (χ0n) is 39.4. The molecule has 4 aliphatic rings. The number of piperazine rings is 1. The second-order valence-electron chi connectivity index (χ2n) is 18.5. The number of ether oxygens (including phenoxy) is 3. The minimum atomic E-state index is -1.63. The van der Waals surface area contributed by atoms with Crippen LogP contribution in [0.3, 0.4) is 0 Å². The van der Waals surface area contributed by atoms with Crippen molar-refractivity contribution in [2.75, 3.05) is 62.3 Å². The number of thiophene rings is 1. The van der Waals surface area contributed by atoms with E-state index in [0.717, 1.165) is 42.9 Å². The molecule has 2 saturated heterocycles. The van der Waals surface area contributed by atoms with Gasteiger partial charge >= 0.3 is 18.1 Å². The highest BCUT2D eigenvalue weighted by atomic mass is 35.5. The molecule has 23 heteroatoms. The molecule has 0 aliphatic carbocycles. The maximum atomic E-state index is 17.2. The summed E-state index contributed by atoms with van der Waals surface area (Å²) in [6.45, 7) is 7.01. The molecule has 3 atom stereocenters. The van der Waals surface area contributed by atoms with Crippen LogP contribution in [0, 0.1) is 28.8 Å². The van der Waals surface area contributed by atoms with E-state index in [4.69, 9.17) is 36.5 Å². The van der Waals surface area contributed by atoms with Gasteiger partial charge in [0.05, 0.1) is 55.6 Å². The van der Waals surface area contributed by atoms with Crippen LogP contribution >= 0.6 is 22.9 Å². The summed E-state index contributed by atoms with van der Waals surface area (Å²) in [5.41, 5.74) is 7.06. The summed E-state index contributed by atoms with van der Waals surface area (Å²) in [5, 5.41) is 23.6. The molecule has 0 saturated carbocycles. The molecular formula is C51H42ClF3N10O8S. The maximum Gasteiger partial charge on any atom is 0.412 e. The van der Waals surface area contributed by atoms with Crippen molar-refractivity contribution in [3.05, 3.63) is 110 Å². The number of likely N-dealkylation sites (N-methyl/N-ethyl adjacent to an activating group) is 1. The predicted molar refractivity (Wildman–Crippen MR) is 268 cm³/mol. The minimum Gasteiger partial charge on any atom is -0.462 e. The number of nitrogen functional groups attached to an aromatic ring is 1. The Morgan fingerprint density at radius 2 is 1.86 bits per heavy atom. The number of anilines is 3. The minimum absolute atomic E-state index is 0.00388. The number of aliphatic hydroxyl groups excluding tert-OH is 1. The topological polar surface area (TPSA) is 231 Å². The zero-order valence-corrected chi connectivity index (χ0v) is 41.0. The molecule has 11 rings (SSSR count). The number of carbonyl (C=O) groups is 3. The van der Waals surface area contributed by atoms with E-state index in [2.05, 4.69) is 26.8 Å². The van der Waals surface area contributed by atoms with Gasteiger partial charge in [0.1, 0.15) is 53.4 Å². The number of nitrogens with two attached hydrogens (primary N) is 1. The summed E-state index contributed by atoms with van der Waals surface area (Å²) >= 11 is 7.77. The van der Waals surface area contributed by atoms with Gasteiger partial charge in [-0.05, 0) is 69.3 Å². The number of hydrogen-bond acceptors (Lipinski definition) is 16. The van der Waals surface area contributed by atoms with Crippen molar-refractivity contribution in [1.82, 2.24) is 29.3 Å². The summed E-state index contributed by atoms with van der Waals surface area (Å²) in [5.74, 6) is -3.43. The van der Waals surface area contributed by atoms with Gasteiger partial charge in [0.15, 0.2) is 11.9 Å². The molecule has 4 aliphatic heterocycles. The van der Waals surface area contributed by atoms with Gasteiger partial charge in [0.25, 0.3) is 11.5 Å². The average molecular weight is 1050 g/mol. The summed E-state index contributed by atoms with van der Waals surface area (Å²) < 4.78 is 65.9. The van der Waals surface area contributed by atoms with E-state index in [1.54, 1.807) is 6.07 Å². The molecule has 3 aromatic carbocycles. The number of likely N-dealkylation sites (tertiary alicyclic amines) is 1. The van der Waals surface area contributed by atoms with Gasteiger partial charge in [-0.25, -0.2) is 27.7 Å². The number of nitrogens with zero attached hydrogens (tertiary/aromatic N) is 8. The van der Waals surface area contributed by atoms with Crippen LogP contribution in [-0.4, -0.2) is 111 Å². The Morgan fingerprint density at radius 3 is 2.61 bits per heavy atom. The maximum absolute atomic E-state index is 17.2. The quantitative estimate of drug-likeness (QED) is 0.0960. The molecule has 18 nitrogen and oxygen atoms in total. The lowest BCUT2D eigenvalue weighted by molar-refractivity contribution is -0.157. The molecule has 4 N–H and O–H groups in total. The summed E-state index contributed by atoms with van der Waals surface area (Å²) in [6, 6.07) is 11.7. The van der Waals surface area contributed by atoms with Crippen molar-refractivity contribution in [2.24, 2.45) is 0 Å². The molecule has 2 fully saturated rings. The van der Waals surface area contributed by atoms with Gasteiger partial charge in [-0.1, -0.05) is 24.2 Å². The second-order valence-corrected chi connectivity index (χ2v) is 19.9. The van der Waals surface area contributed by atoms with Crippen molar-refractivity contribution in [1.29, 1.82) is 5.26 Å². The van der Waals surface area contributed by atoms with E-state index in [1.807, 2.05) is 18.0 Å². The molecule has 0 spiro atoms. The first-order chi connectivity index (χ1) is 35.5. The molecule has 3 unspecified atom stereocenters. The normalized spacial score (nSPS) is 17.7. The number of benzene rings is 3. The highest BCUT2D eigenvalue weighted by Gasteiger charge is 2.35. The zero-order chi connectivity index (χ0) is 52.0. The van der Waals surface area contributed by atoms with E-state index < -0.39 is 53.2 Å². The molecule has 2 amide bonds. The Kier molecular flexibility index (Phi) is 12.2. The number of nitrogens with one attached hydrogen (secondary N) is 1. The number of amides is 2. The van der Waals surface area contributed by atoms with Crippen molar-refractivity contribution < 1.29 is 46.9 Å². The van der Waals surface area contributed by atoms with Gasteiger partial charge in [-0.15, -0.1) is 11.3 Å². The third-order valence-corrected chi connectivity index (χ3v) is 15.5. The van der Waals surface area contributed by atoms with Crippen LogP contribution in [0.25, 0.3) is 54.4 Å². The number of halogens is 4. The summed E-state index contributed by atoms with van der Waals surface area (Å²) in [7, 11) is 1.99.